The molecule has 0 aliphatic carbocycles. The number of aliphatic hydroxyl groups is 1. The lowest BCUT2D eigenvalue weighted by Crippen LogP contribution is -1.95. The highest BCUT2D eigenvalue weighted by molar-refractivity contribution is 9.10. The molecule has 3 nitrogen and oxygen atoms in total. The molecule has 0 aliphatic heterocycles. The molecule has 1 heterocycles. The van der Waals surface area contributed by atoms with Crippen molar-refractivity contribution in [3.05, 3.63) is 52.1 Å². The second-order valence-electron chi connectivity index (χ2n) is 3.64. The maximum Gasteiger partial charge on any atom is 0.224 e. The fourth-order valence-electron chi connectivity index (χ4n) is 1.47. The molecule has 4 heteroatoms. The molecule has 0 fully saturated rings. The fraction of sp³-hybridized carbons (Fsp3) is 0.154. The van der Waals surface area contributed by atoms with Gasteiger partial charge in [0.1, 0.15) is 5.75 Å². The monoisotopic (exact) mass is 293 g/mol. The topological polar surface area (TPSA) is 42.4 Å². The van der Waals surface area contributed by atoms with Crippen LogP contribution in [0.15, 0.2) is 41.0 Å². The zero-order valence-electron chi connectivity index (χ0n) is 9.35. The maximum absolute atomic E-state index is 9.18. The molecule has 1 aromatic carbocycles. The standard InChI is InChI=1S/C13H12BrNO2/c1-9-7-11(14)4-5-12(9)17-13-10(8-16)3-2-6-15-13/h2-7,16H,8H2,1H3. The molecule has 0 radical (unpaired) electrons. The van der Waals surface area contributed by atoms with Crippen molar-refractivity contribution in [2.75, 3.05) is 0 Å². The van der Waals surface area contributed by atoms with Gasteiger partial charge in [-0.3, -0.25) is 0 Å². The summed E-state index contributed by atoms with van der Waals surface area (Å²) in [4.78, 5) is 4.11. The lowest BCUT2D eigenvalue weighted by atomic mass is 10.2. The Morgan fingerprint density at radius 2 is 2.18 bits per heavy atom. The Hall–Kier alpha value is -1.39. The zero-order chi connectivity index (χ0) is 12.3. The fourth-order valence-corrected chi connectivity index (χ4v) is 1.94. The van der Waals surface area contributed by atoms with E-state index in [9.17, 15) is 5.11 Å². The van der Waals surface area contributed by atoms with Gasteiger partial charge in [-0.2, -0.15) is 0 Å². The molecule has 0 bridgehead atoms. The van der Waals surface area contributed by atoms with E-state index in [-0.39, 0.29) is 6.61 Å². The highest BCUT2D eigenvalue weighted by atomic mass is 79.9. The number of aliphatic hydroxyl groups excluding tert-OH is 1. The van der Waals surface area contributed by atoms with E-state index < -0.39 is 0 Å². The predicted molar refractivity (Wildman–Crippen MR) is 69.1 cm³/mol. The lowest BCUT2D eigenvalue weighted by molar-refractivity contribution is 0.275. The number of pyridine rings is 1. The first kappa shape index (κ1) is 12.1. The van der Waals surface area contributed by atoms with Gasteiger partial charge in [0.05, 0.1) is 6.61 Å². The van der Waals surface area contributed by atoms with Gasteiger partial charge >= 0.3 is 0 Å². The first-order valence-electron chi connectivity index (χ1n) is 5.19. The largest absolute Gasteiger partial charge is 0.438 e. The summed E-state index contributed by atoms with van der Waals surface area (Å²) in [6.45, 7) is 1.88. The van der Waals surface area contributed by atoms with E-state index in [4.69, 9.17) is 4.74 Å². The lowest BCUT2D eigenvalue weighted by Gasteiger charge is -2.10. The highest BCUT2D eigenvalue weighted by Gasteiger charge is 2.07. The van der Waals surface area contributed by atoms with Crippen LogP contribution >= 0.6 is 15.9 Å². The number of ether oxygens (including phenoxy) is 1. The van der Waals surface area contributed by atoms with Crippen molar-refractivity contribution in [1.29, 1.82) is 0 Å². The quantitative estimate of drug-likeness (QED) is 0.943. The van der Waals surface area contributed by atoms with E-state index in [1.807, 2.05) is 25.1 Å². The molecule has 0 saturated carbocycles. The van der Waals surface area contributed by atoms with Crippen molar-refractivity contribution in [1.82, 2.24) is 4.98 Å². The van der Waals surface area contributed by atoms with Crippen LogP contribution in [-0.4, -0.2) is 10.1 Å². The first-order valence-corrected chi connectivity index (χ1v) is 5.99. The van der Waals surface area contributed by atoms with Gasteiger partial charge in [0.25, 0.3) is 0 Å². The molecule has 0 amide bonds. The molecular weight excluding hydrogens is 282 g/mol. The van der Waals surface area contributed by atoms with E-state index in [2.05, 4.69) is 20.9 Å². The smallest absolute Gasteiger partial charge is 0.224 e. The summed E-state index contributed by atoms with van der Waals surface area (Å²) in [7, 11) is 0. The number of nitrogens with zero attached hydrogens (tertiary/aromatic N) is 1. The molecule has 2 rings (SSSR count). The van der Waals surface area contributed by atoms with Gasteiger partial charge in [-0.15, -0.1) is 0 Å². The van der Waals surface area contributed by atoms with Crippen molar-refractivity contribution in [2.24, 2.45) is 0 Å². The Labute approximate surface area is 108 Å². The van der Waals surface area contributed by atoms with Crippen molar-refractivity contribution >= 4 is 15.9 Å². The van der Waals surface area contributed by atoms with Crippen LogP contribution in [0.25, 0.3) is 0 Å². The normalized spacial score (nSPS) is 10.3. The maximum atomic E-state index is 9.18. The van der Waals surface area contributed by atoms with Crippen LogP contribution in [0.3, 0.4) is 0 Å². The number of halogens is 1. The Morgan fingerprint density at radius 3 is 2.88 bits per heavy atom. The van der Waals surface area contributed by atoms with Crippen LogP contribution in [0.2, 0.25) is 0 Å². The van der Waals surface area contributed by atoms with Crippen molar-refractivity contribution < 1.29 is 9.84 Å². The van der Waals surface area contributed by atoms with Crippen LogP contribution in [0.1, 0.15) is 11.1 Å². The Morgan fingerprint density at radius 1 is 1.35 bits per heavy atom. The highest BCUT2D eigenvalue weighted by Crippen LogP contribution is 2.28. The third-order valence-corrected chi connectivity index (χ3v) is 2.86. The molecule has 0 atom stereocenters. The van der Waals surface area contributed by atoms with Crippen molar-refractivity contribution in [3.8, 4) is 11.6 Å². The average Bonchev–Trinajstić information content (AvgIpc) is 2.33. The average molecular weight is 294 g/mol. The van der Waals surface area contributed by atoms with E-state index in [0.717, 1.165) is 15.8 Å². The van der Waals surface area contributed by atoms with Gasteiger partial charge < -0.3 is 9.84 Å². The molecule has 0 saturated heterocycles. The third kappa shape index (κ3) is 2.84. The van der Waals surface area contributed by atoms with Crippen LogP contribution < -0.4 is 4.74 Å². The summed E-state index contributed by atoms with van der Waals surface area (Å²) in [5.41, 5.74) is 1.68. The third-order valence-electron chi connectivity index (χ3n) is 2.36. The predicted octanol–water partition coefficient (Wildman–Crippen LogP) is 3.44. The van der Waals surface area contributed by atoms with E-state index in [0.29, 0.717) is 11.4 Å². The summed E-state index contributed by atoms with van der Waals surface area (Å²) in [5, 5.41) is 9.18. The van der Waals surface area contributed by atoms with Crippen LogP contribution in [0.4, 0.5) is 0 Å². The van der Waals surface area contributed by atoms with Crippen molar-refractivity contribution in [2.45, 2.75) is 13.5 Å². The number of benzene rings is 1. The second-order valence-corrected chi connectivity index (χ2v) is 4.55. The Balaban J connectivity index is 2.31. The molecule has 0 unspecified atom stereocenters. The van der Waals surface area contributed by atoms with Crippen LogP contribution in [0, 0.1) is 6.92 Å². The van der Waals surface area contributed by atoms with Gasteiger partial charge in [0.15, 0.2) is 0 Å². The minimum Gasteiger partial charge on any atom is -0.438 e. The molecule has 17 heavy (non-hydrogen) atoms. The van der Waals surface area contributed by atoms with Gasteiger partial charge in [-0.05, 0) is 42.8 Å². The van der Waals surface area contributed by atoms with Gasteiger partial charge in [0.2, 0.25) is 5.88 Å². The van der Waals surface area contributed by atoms with Gasteiger partial charge in [0, 0.05) is 16.2 Å². The minimum absolute atomic E-state index is 0.0846. The summed E-state index contributed by atoms with van der Waals surface area (Å²) >= 11 is 3.40. The summed E-state index contributed by atoms with van der Waals surface area (Å²) < 4.78 is 6.70. The Bertz CT molecular complexity index is 529. The van der Waals surface area contributed by atoms with E-state index >= 15 is 0 Å². The van der Waals surface area contributed by atoms with Gasteiger partial charge in [-0.25, -0.2) is 4.98 Å². The number of hydrogen-bond donors (Lipinski definition) is 1. The summed E-state index contributed by atoms with van der Waals surface area (Å²) in [6, 6.07) is 9.30. The van der Waals surface area contributed by atoms with Crippen LogP contribution in [-0.2, 0) is 6.61 Å². The molecule has 0 spiro atoms. The first-order chi connectivity index (χ1) is 8.20. The van der Waals surface area contributed by atoms with Crippen molar-refractivity contribution in [3.63, 3.8) is 0 Å². The number of rotatable bonds is 3. The number of hydrogen-bond acceptors (Lipinski definition) is 3. The van der Waals surface area contributed by atoms with E-state index in [1.54, 1.807) is 18.3 Å². The zero-order valence-corrected chi connectivity index (χ0v) is 10.9. The Kier molecular flexibility index (Phi) is 3.76. The van der Waals surface area contributed by atoms with Gasteiger partial charge in [-0.1, -0.05) is 15.9 Å². The number of aromatic nitrogens is 1. The molecular formula is C13H12BrNO2. The molecule has 88 valence electrons. The van der Waals surface area contributed by atoms with Crippen LogP contribution in [0.5, 0.6) is 11.6 Å². The number of aryl methyl sites for hydroxylation is 1. The minimum atomic E-state index is -0.0846. The molecule has 1 aromatic heterocycles. The molecule has 2 aromatic rings. The molecule has 1 N–H and O–H groups in total. The summed E-state index contributed by atoms with van der Waals surface area (Å²) in [6.07, 6.45) is 1.64. The second kappa shape index (κ2) is 5.29. The summed E-state index contributed by atoms with van der Waals surface area (Å²) in [5.74, 6) is 1.18. The SMILES string of the molecule is Cc1cc(Br)ccc1Oc1ncccc1CO. The van der Waals surface area contributed by atoms with E-state index in [1.165, 1.54) is 0 Å². The molecule has 0 aliphatic rings.